The fraction of sp³-hybridized carbons (Fsp3) is 0.941. The van der Waals surface area contributed by atoms with Crippen molar-refractivity contribution in [1.82, 2.24) is 5.32 Å². The van der Waals surface area contributed by atoms with E-state index in [0.29, 0.717) is 13.0 Å². The van der Waals surface area contributed by atoms with Crippen molar-refractivity contribution in [2.24, 2.45) is 0 Å². The highest BCUT2D eigenvalue weighted by molar-refractivity contribution is 6.74. The van der Waals surface area contributed by atoms with Crippen LogP contribution >= 0.6 is 0 Å². The Bertz CT molecular complexity index is 428. The molecule has 6 nitrogen and oxygen atoms in total. The molecule has 0 aromatic rings. The highest BCUT2D eigenvalue weighted by atomic mass is 28.4. The Morgan fingerprint density at radius 1 is 1.25 bits per heavy atom. The number of aliphatic hydroxyl groups excluding tert-OH is 1. The number of rotatable bonds is 4. The van der Waals surface area contributed by atoms with Gasteiger partial charge >= 0.3 is 6.09 Å². The summed E-state index contributed by atoms with van der Waals surface area (Å²) in [5, 5.41) is 13.1. The largest absolute Gasteiger partial charge is 0.444 e. The zero-order valence-electron chi connectivity index (χ0n) is 16.4. The number of hydrogen-bond acceptors (Lipinski definition) is 5. The molecule has 0 saturated carbocycles. The van der Waals surface area contributed by atoms with E-state index < -0.39 is 32.2 Å². The van der Waals surface area contributed by atoms with Crippen LogP contribution in [0.3, 0.4) is 0 Å². The van der Waals surface area contributed by atoms with Crippen LogP contribution in [0.1, 0.15) is 48.0 Å². The molecule has 0 spiro atoms. The summed E-state index contributed by atoms with van der Waals surface area (Å²) in [5.41, 5.74) is -0.565. The lowest BCUT2D eigenvalue weighted by Crippen LogP contribution is -2.54. The van der Waals surface area contributed by atoms with Crippen molar-refractivity contribution in [3.05, 3.63) is 0 Å². The summed E-state index contributed by atoms with van der Waals surface area (Å²) >= 11 is 0. The summed E-state index contributed by atoms with van der Waals surface area (Å²) in [7, 11) is -1.83. The van der Waals surface area contributed by atoms with Crippen LogP contribution in [0.25, 0.3) is 0 Å². The summed E-state index contributed by atoms with van der Waals surface area (Å²) < 4.78 is 17.1. The molecule has 0 aliphatic carbocycles. The van der Waals surface area contributed by atoms with Crippen LogP contribution in [0.4, 0.5) is 4.79 Å². The van der Waals surface area contributed by atoms with Gasteiger partial charge in [0.15, 0.2) is 8.32 Å². The summed E-state index contributed by atoms with van der Waals surface area (Å²) in [6.45, 7) is 17.1. The molecule has 1 heterocycles. The minimum Gasteiger partial charge on any atom is -0.444 e. The number of carbonyl (C=O) groups excluding carboxylic acids is 1. The highest BCUT2D eigenvalue weighted by Gasteiger charge is 2.39. The first-order valence-corrected chi connectivity index (χ1v) is 11.6. The zero-order valence-corrected chi connectivity index (χ0v) is 17.4. The second-order valence-corrected chi connectivity index (χ2v) is 13.9. The van der Waals surface area contributed by atoms with Crippen molar-refractivity contribution in [3.8, 4) is 0 Å². The van der Waals surface area contributed by atoms with E-state index in [2.05, 4.69) is 39.2 Å². The van der Waals surface area contributed by atoms with Gasteiger partial charge in [-0.25, -0.2) is 4.79 Å². The molecular formula is C17H35NO5Si. The lowest BCUT2D eigenvalue weighted by atomic mass is 10.0. The second-order valence-electron chi connectivity index (χ2n) is 9.08. The summed E-state index contributed by atoms with van der Waals surface area (Å²) in [6.07, 6.45) is -0.911. The predicted octanol–water partition coefficient (Wildman–Crippen LogP) is 3.05. The molecule has 7 heteroatoms. The van der Waals surface area contributed by atoms with E-state index in [1.165, 1.54) is 0 Å². The van der Waals surface area contributed by atoms with Gasteiger partial charge in [0, 0.05) is 6.42 Å². The van der Waals surface area contributed by atoms with E-state index >= 15 is 0 Å². The van der Waals surface area contributed by atoms with Crippen LogP contribution in [0.15, 0.2) is 0 Å². The Morgan fingerprint density at radius 2 is 1.83 bits per heavy atom. The van der Waals surface area contributed by atoms with E-state index in [4.69, 9.17) is 13.9 Å². The molecule has 2 N–H and O–H groups in total. The van der Waals surface area contributed by atoms with E-state index in [1.54, 1.807) is 20.8 Å². The van der Waals surface area contributed by atoms with Crippen LogP contribution < -0.4 is 5.32 Å². The molecule has 0 aromatic heterocycles. The quantitative estimate of drug-likeness (QED) is 0.753. The Hall–Kier alpha value is -0.633. The van der Waals surface area contributed by atoms with Crippen molar-refractivity contribution in [3.63, 3.8) is 0 Å². The SMILES string of the molecule is CC(C)(C)OC(=O)N[C@H]1CO[C@H](CO[Si](C)(C)C(C)(C)C)C[C@H]1O. The number of amides is 1. The van der Waals surface area contributed by atoms with Gasteiger partial charge in [0.25, 0.3) is 0 Å². The molecule has 1 fully saturated rings. The van der Waals surface area contributed by atoms with Gasteiger partial charge in [-0.05, 0) is 38.9 Å². The lowest BCUT2D eigenvalue weighted by molar-refractivity contribution is -0.0817. The Morgan fingerprint density at radius 3 is 2.29 bits per heavy atom. The van der Waals surface area contributed by atoms with Crippen LogP contribution in [0.2, 0.25) is 18.1 Å². The number of ether oxygens (including phenoxy) is 2. The summed E-state index contributed by atoms with van der Waals surface area (Å²) in [6, 6.07) is -0.455. The molecule has 3 atom stereocenters. The monoisotopic (exact) mass is 361 g/mol. The number of alkyl carbamates (subject to hydrolysis) is 1. The molecule has 1 rings (SSSR count). The maximum Gasteiger partial charge on any atom is 0.408 e. The number of nitrogens with one attached hydrogen (secondary N) is 1. The maximum atomic E-state index is 11.8. The van der Waals surface area contributed by atoms with Crippen molar-refractivity contribution in [2.75, 3.05) is 13.2 Å². The molecule has 0 unspecified atom stereocenters. The molecule has 1 aliphatic heterocycles. The first kappa shape index (κ1) is 21.4. The smallest absolute Gasteiger partial charge is 0.408 e. The fourth-order valence-electron chi connectivity index (χ4n) is 2.08. The van der Waals surface area contributed by atoms with Gasteiger partial charge in [0.2, 0.25) is 0 Å². The molecule has 1 amide bonds. The van der Waals surface area contributed by atoms with Crippen LogP contribution in [-0.2, 0) is 13.9 Å². The van der Waals surface area contributed by atoms with E-state index in [9.17, 15) is 9.90 Å². The van der Waals surface area contributed by atoms with E-state index in [0.717, 1.165) is 0 Å². The molecule has 1 saturated heterocycles. The lowest BCUT2D eigenvalue weighted by Gasteiger charge is -2.39. The number of carbonyl (C=O) groups is 1. The fourth-order valence-corrected chi connectivity index (χ4v) is 3.12. The van der Waals surface area contributed by atoms with Gasteiger partial charge in [-0.2, -0.15) is 0 Å². The van der Waals surface area contributed by atoms with Crippen molar-refractivity contribution >= 4 is 14.4 Å². The Labute approximate surface area is 147 Å². The summed E-state index contributed by atoms with van der Waals surface area (Å²) in [4.78, 5) is 11.8. The predicted molar refractivity (Wildman–Crippen MR) is 96.7 cm³/mol. The first-order valence-electron chi connectivity index (χ1n) is 8.64. The van der Waals surface area contributed by atoms with Gasteiger partial charge in [0.05, 0.1) is 31.5 Å². The molecule has 0 radical (unpaired) electrons. The molecule has 0 aromatic carbocycles. The van der Waals surface area contributed by atoms with E-state index in [-0.39, 0.29) is 17.7 Å². The van der Waals surface area contributed by atoms with Gasteiger partial charge in [-0.15, -0.1) is 0 Å². The van der Waals surface area contributed by atoms with Crippen molar-refractivity contribution < 1.29 is 23.8 Å². The van der Waals surface area contributed by atoms with Crippen molar-refractivity contribution in [1.29, 1.82) is 0 Å². The Kier molecular flexibility index (Phi) is 6.89. The number of aliphatic hydroxyl groups is 1. The first-order chi connectivity index (χ1) is 10.7. The zero-order chi connectivity index (χ0) is 18.8. The van der Waals surface area contributed by atoms with Gasteiger partial charge in [-0.3, -0.25) is 0 Å². The third kappa shape index (κ3) is 6.70. The van der Waals surface area contributed by atoms with Crippen LogP contribution in [-0.4, -0.2) is 56.6 Å². The minimum atomic E-state index is -1.83. The van der Waals surface area contributed by atoms with Gasteiger partial charge in [0.1, 0.15) is 5.60 Å². The highest BCUT2D eigenvalue weighted by Crippen LogP contribution is 2.36. The standard InChI is InChI=1S/C17H35NO5Si/c1-16(2,3)23-15(20)18-13-11-21-12(9-14(13)19)10-22-24(7,8)17(4,5)6/h12-14,19H,9-11H2,1-8H3,(H,18,20)/t12-,13-,14+/m0/s1. The maximum absolute atomic E-state index is 11.8. The van der Waals surface area contributed by atoms with Crippen molar-refractivity contribution in [2.45, 2.75) is 89.9 Å². The molecular weight excluding hydrogens is 326 g/mol. The average molecular weight is 362 g/mol. The molecule has 142 valence electrons. The normalized spacial score (nSPS) is 26.1. The molecule has 1 aliphatic rings. The van der Waals surface area contributed by atoms with Crippen LogP contribution in [0.5, 0.6) is 0 Å². The summed E-state index contributed by atoms with van der Waals surface area (Å²) in [5.74, 6) is 0. The average Bonchev–Trinajstić information content (AvgIpc) is 2.36. The third-order valence-electron chi connectivity index (χ3n) is 4.62. The third-order valence-corrected chi connectivity index (χ3v) is 9.12. The molecule has 0 bridgehead atoms. The van der Waals surface area contributed by atoms with E-state index in [1.807, 2.05) is 0 Å². The topological polar surface area (TPSA) is 77.0 Å². The minimum absolute atomic E-state index is 0.140. The van der Waals surface area contributed by atoms with Crippen LogP contribution in [0, 0.1) is 0 Å². The van der Waals surface area contributed by atoms with Gasteiger partial charge in [-0.1, -0.05) is 20.8 Å². The number of hydrogen-bond donors (Lipinski definition) is 2. The Balaban J connectivity index is 2.45. The van der Waals surface area contributed by atoms with Gasteiger partial charge < -0.3 is 24.3 Å². The molecule has 24 heavy (non-hydrogen) atoms. The second kappa shape index (κ2) is 7.72.